The van der Waals surface area contributed by atoms with Crippen LogP contribution in [0.2, 0.25) is 5.02 Å². The minimum Gasteiger partial charge on any atom is -0.378 e. The van der Waals surface area contributed by atoms with E-state index in [9.17, 15) is 4.79 Å². The van der Waals surface area contributed by atoms with Crippen molar-refractivity contribution in [2.24, 2.45) is 5.41 Å². The molecule has 3 nitrogen and oxygen atoms in total. The Morgan fingerprint density at radius 1 is 1.15 bits per heavy atom. The molecule has 1 aliphatic rings. The maximum Gasteiger partial charge on any atom is 0.224 e. The van der Waals surface area contributed by atoms with Gasteiger partial charge in [-0.2, -0.15) is 0 Å². The Bertz CT molecular complexity index is 806. The van der Waals surface area contributed by atoms with E-state index < -0.39 is 0 Å². The SMILES string of the molecule is Cc1c(NC(=O)CC(C)(C)C)ccc2c1CCC2Nc1ccc(Cl)cc1. The number of halogens is 1. The molecule has 1 amide bonds. The van der Waals surface area contributed by atoms with Crippen LogP contribution >= 0.6 is 11.6 Å². The molecule has 1 aliphatic carbocycles. The fraction of sp³-hybridized carbons (Fsp3) is 0.409. The zero-order valence-corrected chi connectivity index (χ0v) is 16.7. The van der Waals surface area contributed by atoms with Crippen LogP contribution in [0, 0.1) is 12.3 Å². The standard InChI is InChI=1S/C22H27ClN2O/c1-14-17-9-12-20(24-16-7-5-15(23)6-8-16)18(17)10-11-19(14)25-21(26)13-22(2,3)4/h5-8,10-11,20,24H,9,12-13H2,1-4H3,(H,25,26). The van der Waals surface area contributed by atoms with Crippen LogP contribution in [0.5, 0.6) is 0 Å². The van der Waals surface area contributed by atoms with Crippen LogP contribution in [-0.4, -0.2) is 5.91 Å². The van der Waals surface area contributed by atoms with Crippen LogP contribution in [0.1, 0.15) is 56.3 Å². The van der Waals surface area contributed by atoms with E-state index in [0.29, 0.717) is 12.5 Å². The van der Waals surface area contributed by atoms with Crippen molar-refractivity contribution in [3.63, 3.8) is 0 Å². The second-order valence-electron chi connectivity index (χ2n) is 8.33. The zero-order valence-electron chi connectivity index (χ0n) is 15.9. The summed E-state index contributed by atoms with van der Waals surface area (Å²) in [6, 6.07) is 12.3. The number of anilines is 2. The van der Waals surface area contributed by atoms with E-state index in [1.54, 1.807) is 0 Å². The molecule has 1 atom stereocenters. The van der Waals surface area contributed by atoms with Gasteiger partial charge in [0, 0.05) is 22.8 Å². The highest BCUT2D eigenvalue weighted by molar-refractivity contribution is 6.30. The molecular formula is C22H27ClN2O. The average Bonchev–Trinajstić information content (AvgIpc) is 2.94. The molecule has 0 saturated heterocycles. The van der Waals surface area contributed by atoms with Gasteiger partial charge in [-0.25, -0.2) is 0 Å². The summed E-state index contributed by atoms with van der Waals surface area (Å²) in [7, 11) is 0. The third-order valence-corrected chi connectivity index (χ3v) is 5.10. The van der Waals surface area contributed by atoms with E-state index in [1.165, 1.54) is 16.7 Å². The molecule has 0 spiro atoms. The van der Waals surface area contributed by atoms with Crippen molar-refractivity contribution in [3.05, 3.63) is 58.1 Å². The minimum absolute atomic E-state index is 0.0116. The molecule has 2 aromatic carbocycles. The minimum atomic E-state index is -0.0116. The van der Waals surface area contributed by atoms with E-state index in [1.807, 2.05) is 30.3 Å². The quantitative estimate of drug-likeness (QED) is 0.680. The first-order valence-electron chi connectivity index (χ1n) is 9.17. The van der Waals surface area contributed by atoms with Gasteiger partial charge < -0.3 is 10.6 Å². The Hall–Kier alpha value is -2.00. The molecule has 0 bridgehead atoms. The van der Waals surface area contributed by atoms with Crippen LogP contribution in [0.3, 0.4) is 0 Å². The van der Waals surface area contributed by atoms with Crippen molar-refractivity contribution >= 4 is 28.9 Å². The molecular weight excluding hydrogens is 344 g/mol. The topological polar surface area (TPSA) is 41.1 Å². The molecule has 0 fully saturated rings. The van der Waals surface area contributed by atoms with Crippen LogP contribution < -0.4 is 10.6 Å². The van der Waals surface area contributed by atoms with Crippen molar-refractivity contribution < 1.29 is 4.79 Å². The lowest BCUT2D eigenvalue weighted by atomic mass is 9.92. The summed E-state index contributed by atoms with van der Waals surface area (Å²) in [6.07, 6.45) is 2.60. The average molecular weight is 371 g/mol. The number of carbonyl (C=O) groups excluding carboxylic acids is 1. The van der Waals surface area contributed by atoms with E-state index in [-0.39, 0.29) is 11.3 Å². The van der Waals surface area contributed by atoms with Crippen LogP contribution in [0.15, 0.2) is 36.4 Å². The lowest BCUT2D eigenvalue weighted by molar-refractivity contribution is -0.117. The van der Waals surface area contributed by atoms with Crippen molar-refractivity contribution in [3.8, 4) is 0 Å². The fourth-order valence-corrected chi connectivity index (χ4v) is 3.71. The number of hydrogen-bond acceptors (Lipinski definition) is 2. The molecule has 0 radical (unpaired) electrons. The van der Waals surface area contributed by atoms with Crippen molar-refractivity contribution in [2.75, 3.05) is 10.6 Å². The first-order chi connectivity index (χ1) is 12.2. The first kappa shape index (κ1) is 18.8. The predicted molar refractivity (Wildman–Crippen MR) is 110 cm³/mol. The number of benzene rings is 2. The van der Waals surface area contributed by atoms with E-state index >= 15 is 0 Å². The lowest BCUT2D eigenvalue weighted by Gasteiger charge is -2.20. The molecule has 2 aromatic rings. The van der Waals surface area contributed by atoms with Crippen molar-refractivity contribution in [1.82, 2.24) is 0 Å². The summed E-state index contributed by atoms with van der Waals surface area (Å²) in [6.45, 7) is 8.34. The number of amides is 1. The van der Waals surface area contributed by atoms with Crippen LogP contribution in [-0.2, 0) is 11.2 Å². The molecule has 2 N–H and O–H groups in total. The third kappa shape index (κ3) is 4.39. The van der Waals surface area contributed by atoms with Gasteiger partial charge in [-0.15, -0.1) is 0 Å². The summed E-state index contributed by atoms with van der Waals surface area (Å²) in [5.41, 5.74) is 5.86. The third-order valence-electron chi connectivity index (χ3n) is 4.84. The van der Waals surface area contributed by atoms with Gasteiger partial charge in [-0.05, 0) is 72.2 Å². The van der Waals surface area contributed by atoms with Gasteiger partial charge in [0.25, 0.3) is 0 Å². The van der Waals surface area contributed by atoms with Gasteiger partial charge in [0.15, 0.2) is 0 Å². The van der Waals surface area contributed by atoms with E-state index in [0.717, 1.165) is 29.2 Å². The van der Waals surface area contributed by atoms with Gasteiger partial charge >= 0.3 is 0 Å². The Labute approximate surface area is 161 Å². The second-order valence-corrected chi connectivity index (χ2v) is 8.77. The maximum absolute atomic E-state index is 12.3. The van der Waals surface area contributed by atoms with Crippen molar-refractivity contribution in [2.45, 2.75) is 53.0 Å². The van der Waals surface area contributed by atoms with Crippen LogP contribution in [0.25, 0.3) is 0 Å². The van der Waals surface area contributed by atoms with Gasteiger partial charge in [0.1, 0.15) is 0 Å². The van der Waals surface area contributed by atoms with E-state index in [4.69, 9.17) is 11.6 Å². The smallest absolute Gasteiger partial charge is 0.224 e. The van der Waals surface area contributed by atoms with Gasteiger partial charge in [0.05, 0.1) is 6.04 Å². The maximum atomic E-state index is 12.3. The monoisotopic (exact) mass is 370 g/mol. The van der Waals surface area contributed by atoms with Gasteiger partial charge in [-0.1, -0.05) is 38.4 Å². The Kier molecular flexibility index (Phi) is 5.29. The second kappa shape index (κ2) is 7.32. The summed E-state index contributed by atoms with van der Waals surface area (Å²) in [5, 5.41) is 7.43. The Balaban J connectivity index is 1.75. The van der Waals surface area contributed by atoms with Crippen LogP contribution in [0.4, 0.5) is 11.4 Å². The highest BCUT2D eigenvalue weighted by atomic mass is 35.5. The zero-order chi connectivity index (χ0) is 18.9. The fourth-order valence-electron chi connectivity index (χ4n) is 3.59. The van der Waals surface area contributed by atoms with E-state index in [2.05, 4.69) is 44.4 Å². The molecule has 0 aliphatic heterocycles. The Morgan fingerprint density at radius 2 is 1.85 bits per heavy atom. The highest BCUT2D eigenvalue weighted by Crippen LogP contribution is 2.38. The molecule has 4 heteroatoms. The number of rotatable bonds is 4. The number of carbonyl (C=O) groups is 1. The summed E-state index contributed by atoms with van der Waals surface area (Å²) in [4.78, 5) is 12.3. The summed E-state index contributed by atoms with van der Waals surface area (Å²) in [5.74, 6) is 0.0781. The molecule has 1 unspecified atom stereocenters. The Morgan fingerprint density at radius 3 is 2.50 bits per heavy atom. The molecule has 0 aromatic heterocycles. The number of nitrogens with one attached hydrogen (secondary N) is 2. The largest absolute Gasteiger partial charge is 0.378 e. The summed E-state index contributed by atoms with van der Waals surface area (Å²) < 4.78 is 0. The molecule has 138 valence electrons. The number of hydrogen-bond donors (Lipinski definition) is 2. The lowest BCUT2D eigenvalue weighted by Crippen LogP contribution is -2.20. The number of fused-ring (bicyclic) bond motifs is 1. The summed E-state index contributed by atoms with van der Waals surface area (Å²) >= 11 is 5.97. The molecule has 3 rings (SSSR count). The molecule has 0 heterocycles. The predicted octanol–water partition coefficient (Wildman–Crippen LogP) is 6.12. The highest BCUT2D eigenvalue weighted by Gasteiger charge is 2.25. The normalized spacial score (nSPS) is 16.3. The molecule has 0 saturated carbocycles. The van der Waals surface area contributed by atoms with Gasteiger partial charge in [-0.3, -0.25) is 4.79 Å². The first-order valence-corrected chi connectivity index (χ1v) is 9.55. The van der Waals surface area contributed by atoms with Gasteiger partial charge in [0.2, 0.25) is 5.91 Å². The molecule has 26 heavy (non-hydrogen) atoms. The van der Waals surface area contributed by atoms with Crippen molar-refractivity contribution in [1.29, 1.82) is 0 Å².